The van der Waals surface area contributed by atoms with Gasteiger partial charge in [-0.15, -0.1) is 0 Å². The lowest BCUT2D eigenvalue weighted by atomic mass is 10.2. The van der Waals surface area contributed by atoms with Crippen LogP contribution in [0.25, 0.3) is 6.08 Å². The average Bonchev–Trinajstić information content (AvgIpc) is 2.92. The summed E-state index contributed by atoms with van der Waals surface area (Å²) in [7, 11) is 0. The van der Waals surface area contributed by atoms with Crippen molar-refractivity contribution in [2.75, 3.05) is 6.54 Å². The summed E-state index contributed by atoms with van der Waals surface area (Å²) in [6, 6.07) is 17.3. The lowest BCUT2D eigenvalue weighted by Gasteiger charge is -2.12. The lowest BCUT2D eigenvalue weighted by Crippen LogP contribution is -2.30. The number of rotatable bonds is 7. The number of thioether (sulfide) groups is 1. The zero-order valence-corrected chi connectivity index (χ0v) is 16.0. The molecule has 5 nitrogen and oxygen atoms in total. The minimum Gasteiger partial charge on any atom is -0.489 e. The molecule has 1 aliphatic heterocycles. The van der Waals surface area contributed by atoms with Crippen LogP contribution in [0.5, 0.6) is 5.75 Å². The van der Waals surface area contributed by atoms with Crippen LogP contribution in [0.15, 0.2) is 59.5 Å². The molecule has 0 aliphatic carbocycles. The monoisotopic (exact) mass is 399 g/mol. The van der Waals surface area contributed by atoms with Crippen molar-refractivity contribution < 1.29 is 19.4 Å². The summed E-state index contributed by atoms with van der Waals surface area (Å²) in [6.45, 7) is 0.541. The number of amides is 1. The van der Waals surface area contributed by atoms with Gasteiger partial charge in [-0.3, -0.25) is 14.5 Å². The fourth-order valence-corrected chi connectivity index (χ4v) is 3.80. The van der Waals surface area contributed by atoms with E-state index < -0.39 is 5.97 Å². The van der Waals surface area contributed by atoms with E-state index in [1.165, 1.54) is 16.7 Å². The number of thiocarbonyl (C=S) groups is 1. The molecule has 1 saturated heterocycles. The summed E-state index contributed by atoms with van der Waals surface area (Å²) < 4.78 is 6.19. The topological polar surface area (TPSA) is 66.8 Å². The first-order chi connectivity index (χ1) is 13.0. The van der Waals surface area contributed by atoms with Gasteiger partial charge in [0.2, 0.25) is 0 Å². The predicted octanol–water partition coefficient (Wildman–Crippen LogP) is 3.94. The molecule has 0 unspecified atom stereocenters. The van der Waals surface area contributed by atoms with Crippen LogP contribution in [-0.2, 0) is 16.2 Å². The second-order valence-corrected chi connectivity index (χ2v) is 7.50. The van der Waals surface area contributed by atoms with E-state index >= 15 is 0 Å². The highest BCUT2D eigenvalue weighted by Crippen LogP contribution is 2.33. The molecule has 2 aromatic rings. The number of benzene rings is 2. The van der Waals surface area contributed by atoms with Crippen LogP contribution < -0.4 is 4.74 Å². The molecule has 3 rings (SSSR count). The molecule has 2 aromatic carbocycles. The van der Waals surface area contributed by atoms with Gasteiger partial charge in [-0.05, 0) is 29.3 Å². The Kier molecular flexibility index (Phi) is 6.26. The summed E-state index contributed by atoms with van der Waals surface area (Å²) in [4.78, 5) is 25.0. The Bertz CT molecular complexity index is 896. The molecule has 0 saturated carbocycles. The Morgan fingerprint density at radius 3 is 2.70 bits per heavy atom. The van der Waals surface area contributed by atoms with E-state index in [9.17, 15) is 9.59 Å². The van der Waals surface area contributed by atoms with Crippen LogP contribution in [0.2, 0.25) is 0 Å². The molecule has 0 aromatic heterocycles. The van der Waals surface area contributed by atoms with Gasteiger partial charge < -0.3 is 9.84 Å². The molecule has 1 amide bonds. The number of carboxylic acids is 1. The highest BCUT2D eigenvalue weighted by atomic mass is 32.2. The molecular formula is C20H17NO4S2. The van der Waals surface area contributed by atoms with E-state index in [-0.39, 0.29) is 18.9 Å². The van der Waals surface area contributed by atoms with Gasteiger partial charge in [0, 0.05) is 6.54 Å². The minimum absolute atomic E-state index is 0.0809. The standard InChI is InChI=1S/C20H17NO4S2/c22-18(23)9-10-21-19(24)17(27-20(21)26)12-15-7-4-8-16(11-15)25-13-14-5-2-1-3-6-14/h1-8,11-12H,9-10,13H2,(H,22,23). The molecule has 0 spiro atoms. The number of carbonyl (C=O) groups excluding carboxylic acids is 1. The second kappa shape index (κ2) is 8.83. The Morgan fingerprint density at radius 2 is 1.96 bits per heavy atom. The Balaban J connectivity index is 1.69. The van der Waals surface area contributed by atoms with Gasteiger partial charge in [-0.25, -0.2) is 0 Å². The average molecular weight is 399 g/mol. The number of carbonyl (C=O) groups is 2. The molecule has 138 valence electrons. The van der Waals surface area contributed by atoms with Crippen LogP contribution in [0.4, 0.5) is 0 Å². The van der Waals surface area contributed by atoms with Crippen molar-refractivity contribution in [2.45, 2.75) is 13.0 Å². The second-order valence-electron chi connectivity index (χ2n) is 5.82. The van der Waals surface area contributed by atoms with E-state index in [1.54, 1.807) is 6.08 Å². The molecule has 7 heteroatoms. The maximum absolute atomic E-state index is 12.5. The van der Waals surface area contributed by atoms with Crippen molar-refractivity contribution in [1.82, 2.24) is 4.90 Å². The number of hydrogen-bond donors (Lipinski definition) is 1. The zero-order valence-electron chi connectivity index (χ0n) is 14.3. The third-order valence-corrected chi connectivity index (χ3v) is 5.20. The summed E-state index contributed by atoms with van der Waals surface area (Å²) in [5.74, 6) is -0.521. The lowest BCUT2D eigenvalue weighted by molar-refractivity contribution is -0.137. The van der Waals surface area contributed by atoms with Gasteiger partial charge in [0.05, 0.1) is 11.3 Å². The fraction of sp³-hybridized carbons (Fsp3) is 0.150. The maximum atomic E-state index is 12.5. The highest BCUT2D eigenvalue weighted by Gasteiger charge is 2.32. The van der Waals surface area contributed by atoms with Crippen LogP contribution in [0.3, 0.4) is 0 Å². The quantitative estimate of drug-likeness (QED) is 0.562. The Labute approximate surface area is 166 Å². The van der Waals surface area contributed by atoms with Crippen LogP contribution >= 0.6 is 24.0 Å². The SMILES string of the molecule is O=C(O)CCN1C(=O)C(=Cc2cccc(OCc3ccccc3)c2)SC1=S. The van der Waals surface area contributed by atoms with Gasteiger partial charge in [0.1, 0.15) is 16.7 Å². The van der Waals surface area contributed by atoms with Crippen molar-refractivity contribution in [1.29, 1.82) is 0 Å². The van der Waals surface area contributed by atoms with E-state index in [0.29, 0.717) is 21.6 Å². The van der Waals surface area contributed by atoms with Gasteiger partial charge in [0.15, 0.2) is 0 Å². The summed E-state index contributed by atoms with van der Waals surface area (Å²) in [5.41, 5.74) is 1.89. The van der Waals surface area contributed by atoms with Crippen molar-refractivity contribution in [2.24, 2.45) is 0 Å². The first-order valence-electron chi connectivity index (χ1n) is 8.27. The van der Waals surface area contributed by atoms with E-state index in [0.717, 1.165) is 11.1 Å². The molecule has 1 heterocycles. The van der Waals surface area contributed by atoms with Gasteiger partial charge in [-0.1, -0.05) is 66.4 Å². The Hall–Kier alpha value is -2.64. The molecule has 1 aliphatic rings. The molecule has 1 fully saturated rings. The number of nitrogens with zero attached hydrogens (tertiary/aromatic N) is 1. The largest absolute Gasteiger partial charge is 0.489 e. The van der Waals surface area contributed by atoms with Gasteiger partial charge >= 0.3 is 5.97 Å². The van der Waals surface area contributed by atoms with E-state index in [4.69, 9.17) is 22.1 Å². The van der Waals surface area contributed by atoms with Crippen molar-refractivity contribution >= 4 is 46.3 Å². The number of carboxylic acid groups (broad SMARTS) is 1. The molecule has 0 radical (unpaired) electrons. The van der Waals surface area contributed by atoms with E-state index in [1.807, 2.05) is 54.6 Å². The normalized spacial score (nSPS) is 15.4. The van der Waals surface area contributed by atoms with E-state index in [2.05, 4.69) is 0 Å². The minimum atomic E-state index is -0.962. The molecule has 0 bridgehead atoms. The predicted molar refractivity (Wildman–Crippen MR) is 109 cm³/mol. The first kappa shape index (κ1) is 19.1. The third kappa shape index (κ3) is 5.18. The third-order valence-electron chi connectivity index (χ3n) is 3.83. The van der Waals surface area contributed by atoms with Crippen molar-refractivity contribution in [3.63, 3.8) is 0 Å². The zero-order chi connectivity index (χ0) is 19.2. The molecule has 27 heavy (non-hydrogen) atoms. The van der Waals surface area contributed by atoms with Crippen molar-refractivity contribution in [3.05, 3.63) is 70.6 Å². The Morgan fingerprint density at radius 1 is 1.19 bits per heavy atom. The van der Waals surface area contributed by atoms with Gasteiger partial charge in [0.25, 0.3) is 5.91 Å². The van der Waals surface area contributed by atoms with Crippen molar-refractivity contribution in [3.8, 4) is 5.75 Å². The summed E-state index contributed by atoms with van der Waals surface area (Å²) >= 11 is 6.37. The maximum Gasteiger partial charge on any atom is 0.305 e. The van der Waals surface area contributed by atoms with Crippen LogP contribution in [0.1, 0.15) is 17.5 Å². The summed E-state index contributed by atoms with van der Waals surface area (Å²) in [6.07, 6.45) is 1.61. The number of aliphatic carboxylic acids is 1. The fourth-order valence-electron chi connectivity index (χ4n) is 2.49. The molecule has 0 atom stereocenters. The smallest absolute Gasteiger partial charge is 0.305 e. The molecule has 1 N–H and O–H groups in total. The number of ether oxygens (including phenoxy) is 1. The number of hydrogen-bond acceptors (Lipinski definition) is 5. The molecular weight excluding hydrogens is 382 g/mol. The van der Waals surface area contributed by atoms with Crippen LogP contribution in [-0.4, -0.2) is 32.7 Å². The van der Waals surface area contributed by atoms with Gasteiger partial charge in [-0.2, -0.15) is 0 Å². The first-order valence-corrected chi connectivity index (χ1v) is 9.49. The highest BCUT2D eigenvalue weighted by molar-refractivity contribution is 8.26. The summed E-state index contributed by atoms with van der Waals surface area (Å²) in [5, 5.41) is 8.79. The van der Waals surface area contributed by atoms with Crippen LogP contribution in [0, 0.1) is 0 Å².